The molecule has 0 aromatic carbocycles. The van der Waals surface area contributed by atoms with Gasteiger partial charge in [-0.05, 0) is 19.8 Å². The summed E-state index contributed by atoms with van der Waals surface area (Å²) in [7, 11) is 0. The van der Waals surface area contributed by atoms with Gasteiger partial charge in [0.15, 0.2) is 0 Å². The minimum atomic E-state index is -0.0323. The van der Waals surface area contributed by atoms with Crippen LogP contribution in [0.2, 0.25) is 0 Å². The minimum absolute atomic E-state index is 0.0323. The molecule has 14 heavy (non-hydrogen) atoms. The van der Waals surface area contributed by atoms with Gasteiger partial charge in [0.25, 0.3) is 0 Å². The Hall–Kier alpha value is -0.610. The number of likely N-dealkylation sites (tertiary alicyclic amines) is 1. The molecule has 0 radical (unpaired) electrons. The lowest BCUT2D eigenvalue weighted by atomic mass is 10.2. The Morgan fingerprint density at radius 1 is 1.71 bits per heavy atom. The summed E-state index contributed by atoms with van der Waals surface area (Å²) < 4.78 is 0. The normalized spacial score (nSPS) is 24.9. The highest BCUT2D eigenvalue weighted by molar-refractivity contribution is 5.81. The molecule has 0 bridgehead atoms. The summed E-state index contributed by atoms with van der Waals surface area (Å²) in [6, 6.07) is 0.214. The first kappa shape index (κ1) is 11.5. The number of hydrogen-bond donors (Lipinski definition) is 2. The number of amides is 1. The highest BCUT2D eigenvalue weighted by Crippen LogP contribution is 2.10. The number of rotatable bonds is 4. The van der Waals surface area contributed by atoms with Crippen LogP contribution in [0.4, 0.5) is 0 Å². The molecule has 1 aliphatic heterocycles. The fraction of sp³-hybridized carbons (Fsp3) is 0.900. The first-order valence-corrected chi connectivity index (χ1v) is 5.42. The highest BCUT2D eigenvalue weighted by Gasteiger charge is 2.27. The van der Waals surface area contributed by atoms with Gasteiger partial charge in [-0.3, -0.25) is 9.69 Å². The smallest absolute Gasteiger partial charge is 0.237 e. The fourth-order valence-corrected chi connectivity index (χ4v) is 1.73. The Kier molecular flexibility index (Phi) is 4.35. The van der Waals surface area contributed by atoms with E-state index in [0.717, 1.165) is 32.5 Å². The zero-order valence-corrected chi connectivity index (χ0v) is 9.12. The van der Waals surface area contributed by atoms with E-state index in [9.17, 15) is 4.79 Å². The molecule has 1 amide bonds. The maximum Gasteiger partial charge on any atom is 0.237 e. The molecule has 1 aliphatic rings. The summed E-state index contributed by atoms with van der Waals surface area (Å²) in [4.78, 5) is 13.8. The Morgan fingerprint density at radius 2 is 2.43 bits per heavy atom. The van der Waals surface area contributed by atoms with Gasteiger partial charge in [-0.2, -0.15) is 0 Å². The lowest BCUT2D eigenvalue weighted by Crippen LogP contribution is -2.45. The Morgan fingerprint density at radius 3 is 2.93 bits per heavy atom. The van der Waals surface area contributed by atoms with E-state index in [1.807, 2.05) is 6.92 Å². The minimum Gasteiger partial charge on any atom is -0.355 e. The Labute approximate surface area is 85.8 Å². The van der Waals surface area contributed by atoms with Gasteiger partial charge in [-0.1, -0.05) is 6.92 Å². The predicted octanol–water partition coefficient (Wildman–Crippen LogP) is -0.0659. The number of nitrogens with two attached hydrogens (primary N) is 1. The van der Waals surface area contributed by atoms with Crippen molar-refractivity contribution in [3.05, 3.63) is 0 Å². The van der Waals surface area contributed by atoms with Crippen LogP contribution in [0.1, 0.15) is 26.7 Å². The average Bonchev–Trinajstić information content (AvgIpc) is 2.60. The van der Waals surface area contributed by atoms with E-state index < -0.39 is 0 Å². The van der Waals surface area contributed by atoms with Crippen molar-refractivity contribution in [2.45, 2.75) is 38.8 Å². The van der Waals surface area contributed by atoms with Crippen LogP contribution in [0, 0.1) is 0 Å². The number of carbonyl (C=O) groups is 1. The van der Waals surface area contributed by atoms with Crippen LogP contribution in [-0.4, -0.2) is 42.5 Å². The molecule has 0 saturated carbocycles. The van der Waals surface area contributed by atoms with Gasteiger partial charge in [0, 0.05) is 25.7 Å². The third kappa shape index (κ3) is 2.96. The van der Waals surface area contributed by atoms with Crippen molar-refractivity contribution in [1.82, 2.24) is 10.2 Å². The molecule has 3 N–H and O–H groups in total. The third-order valence-corrected chi connectivity index (χ3v) is 2.73. The average molecular weight is 199 g/mol. The number of hydrogen-bond acceptors (Lipinski definition) is 3. The van der Waals surface area contributed by atoms with Crippen molar-refractivity contribution in [1.29, 1.82) is 0 Å². The van der Waals surface area contributed by atoms with Crippen molar-refractivity contribution >= 4 is 5.91 Å². The highest BCUT2D eigenvalue weighted by atomic mass is 16.2. The van der Waals surface area contributed by atoms with E-state index in [1.165, 1.54) is 0 Å². The van der Waals surface area contributed by atoms with Gasteiger partial charge in [0.1, 0.15) is 0 Å². The van der Waals surface area contributed by atoms with E-state index in [-0.39, 0.29) is 18.0 Å². The summed E-state index contributed by atoms with van der Waals surface area (Å²) in [6.45, 7) is 6.56. The molecule has 1 saturated heterocycles. The van der Waals surface area contributed by atoms with Crippen LogP contribution in [0.25, 0.3) is 0 Å². The number of carbonyl (C=O) groups excluding carboxylic acids is 1. The zero-order chi connectivity index (χ0) is 10.6. The molecule has 2 atom stereocenters. The molecule has 0 aromatic heterocycles. The maximum absolute atomic E-state index is 11.6. The first-order chi connectivity index (χ1) is 6.65. The van der Waals surface area contributed by atoms with Gasteiger partial charge in [-0.15, -0.1) is 0 Å². The lowest BCUT2D eigenvalue weighted by Gasteiger charge is -2.22. The number of nitrogens with one attached hydrogen (secondary N) is 1. The second kappa shape index (κ2) is 5.32. The van der Waals surface area contributed by atoms with E-state index in [2.05, 4.69) is 17.1 Å². The van der Waals surface area contributed by atoms with Gasteiger partial charge >= 0.3 is 0 Å². The molecule has 0 aliphatic carbocycles. The molecule has 4 nitrogen and oxygen atoms in total. The van der Waals surface area contributed by atoms with Crippen molar-refractivity contribution in [3.63, 3.8) is 0 Å². The molecule has 1 rings (SSSR count). The summed E-state index contributed by atoms with van der Waals surface area (Å²) >= 11 is 0. The van der Waals surface area contributed by atoms with Gasteiger partial charge in [-0.25, -0.2) is 0 Å². The van der Waals surface area contributed by atoms with Crippen LogP contribution < -0.4 is 11.1 Å². The van der Waals surface area contributed by atoms with Crippen molar-refractivity contribution in [2.24, 2.45) is 5.73 Å². The topological polar surface area (TPSA) is 58.4 Å². The molecule has 0 spiro atoms. The fourth-order valence-electron chi connectivity index (χ4n) is 1.73. The van der Waals surface area contributed by atoms with Crippen LogP contribution in [0.5, 0.6) is 0 Å². The molecule has 1 fully saturated rings. The number of nitrogens with zero attached hydrogens (tertiary/aromatic N) is 1. The van der Waals surface area contributed by atoms with Crippen LogP contribution in [-0.2, 0) is 4.79 Å². The van der Waals surface area contributed by atoms with Crippen molar-refractivity contribution in [2.75, 3.05) is 19.6 Å². The Bertz CT molecular complexity index is 196. The van der Waals surface area contributed by atoms with E-state index in [1.54, 1.807) is 0 Å². The summed E-state index contributed by atoms with van der Waals surface area (Å²) in [5, 5.41) is 2.90. The monoisotopic (exact) mass is 199 g/mol. The largest absolute Gasteiger partial charge is 0.355 e. The van der Waals surface area contributed by atoms with Crippen molar-refractivity contribution < 1.29 is 4.79 Å². The summed E-state index contributed by atoms with van der Waals surface area (Å²) in [5.41, 5.74) is 5.79. The third-order valence-electron chi connectivity index (χ3n) is 2.73. The van der Waals surface area contributed by atoms with Crippen LogP contribution >= 0.6 is 0 Å². The first-order valence-electron chi connectivity index (χ1n) is 5.42. The van der Waals surface area contributed by atoms with Gasteiger partial charge in [0.2, 0.25) is 5.91 Å². The maximum atomic E-state index is 11.6. The van der Waals surface area contributed by atoms with E-state index >= 15 is 0 Å². The molecule has 1 unspecified atom stereocenters. The SMILES string of the molecule is CCCNC(=O)C(C)N1CC[C@@H](N)C1. The Balaban J connectivity index is 2.32. The van der Waals surface area contributed by atoms with Gasteiger partial charge < -0.3 is 11.1 Å². The molecular weight excluding hydrogens is 178 g/mol. The second-order valence-electron chi connectivity index (χ2n) is 4.01. The molecule has 4 heteroatoms. The standard InChI is InChI=1S/C10H21N3O/c1-3-5-12-10(14)8(2)13-6-4-9(11)7-13/h8-9H,3-7,11H2,1-2H3,(H,12,14)/t8?,9-/m1/s1. The summed E-state index contributed by atoms with van der Waals surface area (Å²) in [6.07, 6.45) is 1.99. The summed E-state index contributed by atoms with van der Waals surface area (Å²) in [5.74, 6) is 0.126. The van der Waals surface area contributed by atoms with Crippen LogP contribution in [0.3, 0.4) is 0 Å². The second-order valence-corrected chi connectivity index (χ2v) is 4.01. The molecule has 82 valence electrons. The molecule has 0 aromatic rings. The van der Waals surface area contributed by atoms with Gasteiger partial charge in [0.05, 0.1) is 6.04 Å². The molecule has 1 heterocycles. The molecular formula is C10H21N3O. The van der Waals surface area contributed by atoms with Crippen molar-refractivity contribution in [3.8, 4) is 0 Å². The lowest BCUT2D eigenvalue weighted by molar-refractivity contribution is -0.125. The van der Waals surface area contributed by atoms with E-state index in [4.69, 9.17) is 5.73 Å². The van der Waals surface area contributed by atoms with E-state index in [0.29, 0.717) is 0 Å². The quantitative estimate of drug-likeness (QED) is 0.666. The predicted molar refractivity (Wildman–Crippen MR) is 56.9 cm³/mol. The zero-order valence-electron chi connectivity index (χ0n) is 9.12. The van der Waals surface area contributed by atoms with Crippen LogP contribution in [0.15, 0.2) is 0 Å².